The summed E-state index contributed by atoms with van der Waals surface area (Å²) in [7, 11) is 1.59. The van der Waals surface area contributed by atoms with Crippen LogP contribution in [0.25, 0.3) is 6.08 Å². The summed E-state index contributed by atoms with van der Waals surface area (Å²) in [6.45, 7) is -0.333. The molecule has 0 aliphatic heterocycles. The molecule has 0 aliphatic carbocycles. The number of carbonyl (C=O) groups is 2. The second-order valence-electron chi connectivity index (χ2n) is 4.63. The van der Waals surface area contributed by atoms with Gasteiger partial charge in [0.15, 0.2) is 6.61 Å². The molecule has 0 saturated carbocycles. The predicted molar refractivity (Wildman–Crippen MR) is 88.1 cm³/mol. The number of methoxy groups -OCH3 is 1. The second-order valence-corrected chi connectivity index (χ2v) is 4.63. The van der Waals surface area contributed by atoms with Crippen molar-refractivity contribution in [2.24, 2.45) is 0 Å². The van der Waals surface area contributed by atoms with E-state index in [4.69, 9.17) is 9.47 Å². The van der Waals surface area contributed by atoms with E-state index in [1.165, 1.54) is 6.08 Å². The van der Waals surface area contributed by atoms with Gasteiger partial charge in [0, 0.05) is 11.8 Å². The van der Waals surface area contributed by atoms with Crippen LogP contribution in [0.15, 0.2) is 60.7 Å². The Morgan fingerprint density at radius 2 is 1.74 bits per heavy atom. The SMILES string of the molecule is COc1ccc(C=CC(=O)OCC(=O)Nc2ccccc2)cc1. The molecule has 0 radical (unpaired) electrons. The summed E-state index contributed by atoms with van der Waals surface area (Å²) < 4.78 is 9.93. The highest BCUT2D eigenvalue weighted by Gasteiger charge is 2.05. The predicted octanol–water partition coefficient (Wildman–Crippen LogP) is 2.89. The minimum absolute atomic E-state index is 0.333. The minimum Gasteiger partial charge on any atom is -0.497 e. The standard InChI is InChI=1S/C18H17NO4/c1-22-16-10-7-14(8-11-16)9-12-18(21)23-13-17(20)19-15-5-3-2-4-6-15/h2-12H,13H2,1H3,(H,19,20). The lowest BCUT2D eigenvalue weighted by Crippen LogP contribution is -2.20. The van der Waals surface area contributed by atoms with E-state index in [9.17, 15) is 9.59 Å². The molecule has 0 bridgehead atoms. The van der Waals surface area contributed by atoms with E-state index in [0.29, 0.717) is 5.69 Å². The molecule has 118 valence electrons. The molecule has 0 fully saturated rings. The molecular formula is C18H17NO4. The lowest BCUT2D eigenvalue weighted by Gasteiger charge is -2.04. The topological polar surface area (TPSA) is 64.6 Å². The van der Waals surface area contributed by atoms with Crippen LogP contribution < -0.4 is 10.1 Å². The highest BCUT2D eigenvalue weighted by atomic mass is 16.5. The summed E-state index contributed by atoms with van der Waals surface area (Å²) in [5.74, 6) is -0.228. The van der Waals surface area contributed by atoms with Crippen molar-refractivity contribution in [2.45, 2.75) is 0 Å². The first-order chi connectivity index (χ1) is 11.2. The quantitative estimate of drug-likeness (QED) is 0.658. The fourth-order valence-corrected chi connectivity index (χ4v) is 1.78. The number of rotatable bonds is 6. The number of anilines is 1. The van der Waals surface area contributed by atoms with Crippen LogP contribution in [0, 0.1) is 0 Å². The second kappa shape index (κ2) is 8.38. The first kappa shape index (κ1) is 16.3. The van der Waals surface area contributed by atoms with E-state index < -0.39 is 5.97 Å². The van der Waals surface area contributed by atoms with Gasteiger partial charge in [0.05, 0.1) is 7.11 Å². The summed E-state index contributed by atoms with van der Waals surface area (Å²) in [6, 6.07) is 16.2. The van der Waals surface area contributed by atoms with Crippen LogP contribution >= 0.6 is 0 Å². The molecule has 0 aliphatic rings. The van der Waals surface area contributed by atoms with Gasteiger partial charge < -0.3 is 14.8 Å². The van der Waals surface area contributed by atoms with Gasteiger partial charge in [-0.1, -0.05) is 30.3 Å². The van der Waals surface area contributed by atoms with E-state index in [-0.39, 0.29) is 12.5 Å². The molecule has 0 atom stereocenters. The van der Waals surface area contributed by atoms with Crippen molar-refractivity contribution in [3.63, 3.8) is 0 Å². The van der Waals surface area contributed by atoms with Gasteiger partial charge >= 0.3 is 5.97 Å². The van der Waals surface area contributed by atoms with Crippen molar-refractivity contribution in [1.29, 1.82) is 0 Å². The van der Waals surface area contributed by atoms with Gasteiger partial charge in [0.2, 0.25) is 0 Å². The minimum atomic E-state index is -0.580. The van der Waals surface area contributed by atoms with Gasteiger partial charge in [-0.05, 0) is 35.9 Å². The van der Waals surface area contributed by atoms with Crippen molar-refractivity contribution >= 4 is 23.6 Å². The van der Waals surface area contributed by atoms with E-state index in [2.05, 4.69) is 5.32 Å². The van der Waals surface area contributed by atoms with Crippen LogP contribution in [-0.2, 0) is 14.3 Å². The Balaban J connectivity index is 1.77. The summed E-state index contributed by atoms with van der Waals surface area (Å²) in [4.78, 5) is 23.2. The van der Waals surface area contributed by atoms with Crippen molar-refractivity contribution < 1.29 is 19.1 Å². The van der Waals surface area contributed by atoms with E-state index in [0.717, 1.165) is 11.3 Å². The third kappa shape index (κ3) is 5.67. The molecule has 0 aromatic heterocycles. The molecule has 5 nitrogen and oxygen atoms in total. The molecule has 1 amide bonds. The highest BCUT2D eigenvalue weighted by Crippen LogP contribution is 2.12. The molecule has 0 unspecified atom stereocenters. The van der Waals surface area contributed by atoms with Gasteiger partial charge in [-0.3, -0.25) is 4.79 Å². The van der Waals surface area contributed by atoms with Crippen molar-refractivity contribution in [3.8, 4) is 5.75 Å². The monoisotopic (exact) mass is 311 g/mol. The van der Waals surface area contributed by atoms with Crippen LogP contribution in [0.4, 0.5) is 5.69 Å². The summed E-state index contributed by atoms with van der Waals surface area (Å²) >= 11 is 0. The summed E-state index contributed by atoms with van der Waals surface area (Å²) in [6.07, 6.45) is 2.88. The van der Waals surface area contributed by atoms with E-state index in [1.807, 2.05) is 18.2 Å². The smallest absolute Gasteiger partial charge is 0.331 e. The number of carbonyl (C=O) groups excluding carboxylic acids is 2. The van der Waals surface area contributed by atoms with Crippen LogP contribution in [0.1, 0.15) is 5.56 Å². The largest absolute Gasteiger partial charge is 0.497 e. The molecule has 2 aromatic carbocycles. The van der Waals surface area contributed by atoms with Crippen LogP contribution in [0.3, 0.4) is 0 Å². The molecule has 0 saturated heterocycles. The Hall–Kier alpha value is -3.08. The van der Waals surface area contributed by atoms with Crippen molar-refractivity contribution in [3.05, 3.63) is 66.2 Å². The summed E-state index contributed by atoms with van der Waals surface area (Å²) in [5, 5.41) is 2.63. The molecular weight excluding hydrogens is 294 g/mol. The Kier molecular flexibility index (Phi) is 5.94. The first-order valence-corrected chi connectivity index (χ1v) is 7.01. The zero-order chi connectivity index (χ0) is 16.5. The molecule has 0 spiro atoms. The lowest BCUT2D eigenvalue weighted by molar-refractivity contribution is -0.142. The Morgan fingerprint density at radius 1 is 1.04 bits per heavy atom. The number of para-hydroxylation sites is 1. The zero-order valence-corrected chi connectivity index (χ0v) is 12.7. The fraction of sp³-hybridized carbons (Fsp3) is 0.111. The summed E-state index contributed by atoms with van der Waals surface area (Å²) in [5.41, 5.74) is 1.49. The van der Waals surface area contributed by atoms with Gasteiger partial charge in [0.25, 0.3) is 5.91 Å². The maximum atomic E-state index is 11.6. The number of hydrogen-bond acceptors (Lipinski definition) is 4. The van der Waals surface area contributed by atoms with Crippen molar-refractivity contribution in [1.82, 2.24) is 0 Å². The third-order valence-electron chi connectivity index (χ3n) is 2.93. The zero-order valence-electron chi connectivity index (χ0n) is 12.7. The van der Waals surface area contributed by atoms with Gasteiger partial charge in [-0.25, -0.2) is 4.79 Å². The normalized spacial score (nSPS) is 10.3. The Labute approximate surface area is 134 Å². The maximum Gasteiger partial charge on any atom is 0.331 e. The number of amides is 1. The van der Waals surface area contributed by atoms with E-state index in [1.54, 1.807) is 49.6 Å². The average molecular weight is 311 g/mol. The number of esters is 1. The van der Waals surface area contributed by atoms with E-state index >= 15 is 0 Å². The Bertz CT molecular complexity index is 678. The number of ether oxygens (including phenoxy) is 2. The lowest BCUT2D eigenvalue weighted by atomic mass is 10.2. The fourth-order valence-electron chi connectivity index (χ4n) is 1.78. The van der Waals surface area contributed by atoms with Crippen LogP contribution in [0.5, 0.6) is 5.75 Å². The molecule has 0 heterocycles. The number of nitrogens with one attached hydrogen (secondary N) is 1. The van der Waals surface area contributed by atoms with Gasteiger partial charge in [0.1, 0.15) is 5.75 Å². The van der Waals surface area contributed by atoms with Gasteiger partial charge in [-0.15, -0.1) is 0 Å². The maximum absolute atomic E-state index is 11.6. The molecule has 5 heteroatoms. The molecule has 23 heavy (non-hydrogen) atoms. The Morgan fingerprint density at radius 3 is 2.39 bits per heavy atom. The average Bonchev–Trinajstić information content (AvgIpc) is 2.59. The number of hydrogen-bond donors (Lipinski definition) is 1. The number of benzene rings is 2. The highest BCUT2D eigenvalue weighted by molar-refractivity contribution is 5.94. The molecule has 2 aromatic rings. The van der Waals surface area contributed by atoms with Crippen LogP contribution in [0.2, 0.25) is 0 Å². The van der Waals surface area contributed by atoms with Crippen molar-refractivity contribution in [2.75, 3.05) is 19.0 Å². The molecule has 2 rings (SSSR count). The molecule has 1 N–H and O–H groups in total. The third-order valence-corrected chi connectivity index (χ3v) is 2.93. The van der Waals surface area contributed by atoms with Crippen LogP contribution in [-0.4, -0.2) is 25.6 Å². The van der Waals surface area contributed by atoms with Gasteiger partial charge in [-0.2, -0.15) is 0 Å². The first-order valence-electron chi connectivity index (χ1n) is 7.01.